The Labute approximate surface area is 117 Å². The summed E-state index contributed by atoms with van der Waals surface area (Å²) in [6.45, 7) is 3.11. The molecule has 0 spiro atoms. The van der Waals surface area contributed by atoms with Crippen molar-refractivity contribution in [2.45, 2.75) is 38.0 Å². The summed E-state index contributed by atoms with van der Waals surface area (Å²) in [7, 11) is -3.83. The van der Waals surface area contributed by atoms with E-state index >= 15 is 0 Å². The fourth-order valence-electron chi connectivity index (χ4n) is 1.88. The Morgan fingerprint density at radius 2 is 1.90 bits per heavy atom. The number of hydrogen-bond donors (Lipinski definition) is 2. The molecule has 0 amide bonds. The molecule has 1 aromatic rings. The quantitative estimate of drug-likeness (QED) is 0.805. The summed E-state index contributed by atoms with van der Waals surface area (Å²) in [4.78, 5) is 11.2. The highest BCUT2D eigenvalue weighted by Crippen LogP contribution is 2.16. The van der Waals surface area contributed by atoms with E-state index in [1.54, 1.807) is 6.92 Å². The molecule has 0 saturated carbocycles. The zero-order chi connectivity index (χ0) is 15.4. The lowest BCUT2D eigenvalue weighted by Gasteiger charge is -2.25. The number of carboxylic acids is 1. The number of hydrogen-bond acceptors (Lipinski definition) is 3. The van der Waals surface area contributed by atoms with Gasteiger partial charge in [-0.3, -0.25) is 4.79 Å². The lowest BCUT2D eigenvalue weighted by atomic mass is 9.98. The predicted octanol–water partition coefficient (Wildman–Crippen LogP) is 1.89. The summed E-state index contributed by atoms with van der Waals surface area (Å²) in [6, 6.07) is 5.03. The van der Waals surface area contributed by atoms with E-state index in [0.717, 1.165) is 12.1 Å². The lowest BCUT2D eigenvalue weighted by molar-refractivity contribution is -0.143. The first kappa shape index (κ1) is 16.6. The number of aliphatic carboxylic acids is 1. The van der Waals surface area contributed by atoms with Crippen molar-refractivity contribution in [1.82, 2.24) is 4.72 Å². The first-order valence-corrected chi connectivity index (χ1v) is 7.83. The van der Waals surface area contributed by atoms with Gasteiger partial charge >= 0.3 is 5.97 Å². The maximum Gasteiger partial charge on any atom is 0.324 e. The molecule has 0 heterocycles. The molecule has 20 heavy (non-hydrogen) atoms. The van der Waals surface area contributed by atoms with Gasteiger partial charge in [0.2, 0.25) is 10.0 Å². The van der Waals surface area contributed by atoms with Crippen molar-refractivity contribution in [3.05, 3.63) is 35.6 Å². The number of sulfonamides is 1. The predicted molar refractivity (Wildman–Crippen MR) is 73.1 cm³/mol. The second-order valence-corrected chi connectivity index (χ2v) is 6.60. The highest BCUT2D eigenvalue weighted by atomic mass is 32.2. The van der Waals surface area contributed by atoms with Crippen molar-refractivity contribution >= 4 is 16.0 Å². The van der Waals surface area contributed by atoms with Gasteiger partial charge in [-0.2, -0.15) is 4.72 Å². The third-order valence-corrected chi connectivity index (χ3v) is 4.35. The Morgan fingerprint density at radius 1 is 1.35 bits per heavy atom. The number of carboxylic acid groups (broad SMARTS) is 1. The van der Waals surface area contributed by atoms with Gasteiger partial charge in [0, 0.05) is 0 Å². The Bertz CT molecular complexity index is 571. The van der Waals surface area contributed by atoms with E-state index in [2.05, 4.69) is 4.72 Å². The third kappa shape index (κ3) is 4.57. The van der Waals surface area contributed by atoms with Crippen molar-refractivity contribution in [1.29, 1.82) is 0 Å². The fourth-order valence-corrected chi connectivity index (χ4v) is 3.46. The average Bonchev–Trinajstić information content (AvgIpc) is 2.31. The minimum absolute atomic E-state index is 0.185. The van der Waals surface area contributed by atoms with Gasteiger partial charge in [0.1, 0.15) is 11.4 Å². The summed E-state index contributed by atoms with van der Waals surface area (Å²) in [5, 5.41) is 9.15. The van der Waals surface area contributed by atoms with Crippen LogP contribution in [-0.4, -0.2) is 25.0 Å². The number of nitrogens with one attached hydrogen (secondary N) is 1. The molecule has 0 aliphatic heterocycles. The fraction of sp³-hybridized carbons (Fsp3) is 0.462. The number of halogens is 1. The Hall–Kier alpha value is -1.47. The van der Waals surface area contributed by atoms with Crippen LogP contribution in [0.2, 0.25) is 0 Å². The normalized spacial score (nSPS) is 14.8. The van der Waals surface area contributed by atoms with E-state index in [1.807, 2.05) is 0 Å². The third-order valence-electron chi connectivity index (χ3n) is 2.87. The van der Waals surface area contributed by atoms with Crippen molar-refractivity contribution in [2.75, 3.05) is 0 Å². The van der Waals surface area contributed by atoms with Crippen LogP contribution in [0, 0.1) is 5.82 Å². The molecule has 0 aliphatic carbocycles. The van der Waals surface area contributed by atoms with Crippen LogP contribution in [0.4, 0.5) is 4.39 Å². The molecule has 1 rings (SSSR count). The van der Waals surface area contributed by atoms with Gasteiger partial charge in [-0.15, -0.1) is 0 Å². The van der Waals surface area contributed by atoms with Gasteiger partial charge in [-0.05, 0) is 31.0 Å². The van der Waals surface area contributed by atoms with Crippen LogP contribution in [0.5, 0.6) is 0 Å². The van der Waals surface area contributed by atoms with Crippen molar-refractivity contribution in [2.24, 2.45) is 0 Å². The maximum absolute atomic E-state index is 12.8. The summed E-state index contributed by atoms with van der Waals surface area (Å²) in [5.41, 5.74) is -1.14. The minimum Gasteiger partial charge on any atom is -0.480 e. The molecule has 0 saturated heterocycles. The zero-order valence-corrected chi connectivity index (χ0v) is 12.2. The van der Waals surface area contributed by atoms with Gasteiger partial charge in [0.05, 0.1) is 5.75 Å². The molecular formula is C13H18FNO4S. The molecule has 2 N–H and O–H groups in total. The van der Waals surface area contributed by atoms with E-state index in [-0.39, 0.29) is 12.2 Å². The van der Waals surface area contributed by atoms with Gasteiger partial charge in [0.25, 0.3) is 0 Å². The van der Waals surface area contributed by atoms with E-state index in [0.29, 0.717) is 12.0 Å². The second-order valence-electron chi connectivity index (χ2n) is 4.87. The SMILES string of the molecule is CCCC(C)(NS(=O)(=O)Cc1ccc(F)cc1)C(=O)O. The van der Waals surface area contributed by atoms with Crippen LogP contribution in [0.15, 0.2) is 24.3 Å². The Kier molecular flexibility index (Phi) is 5.24. The molecular weight excluding hydrogens is 285 g/mol. The van der Waals surface area contributed by atoms with Crippen LogP contribution < -0.4 is 4.72 Å². The summed E-state index contributed by atoms with van der Waals surface area (Å²) < 4.78 is 39.0. The smallest absolute Gasteiger partial charge is 0.324 e. The molecule has 1 unspecified atom stereocenters. The second kappa shape index (κ2) is 6.32. The van der Waals surface area contributed by atoms with E-state index in [1.165, 1.54) is 19.1 Å². The van der Waals surface area contributed by atoms with Crippen molar-refractivity contribution in [3.8, 4) is 0 Å². The highest BCUT2D eigenvalue weighted by Gasteiger charge is 2.36. The largest absolute Gasteiger partial charge is 0.480 e. The number of rotatable bonds is 7. The van der Waals surface area contributed by atoms with Crippen LogP contribution in [0.1, 0.15) is 32.3 Å². The Balaban J connectivity index is 2.88. The van der Waals surface area contributed by atoms with Gasteiger partial charge in [-0.1, -0.05) is 25.5 Å². The molecule has 0 aromatic heterocycles. The summed E-state index contributed by atoms with van der Waals surface area (Å²) in [5.74, 6) is -2.07. The van der Waals surface area contributed by atoms with E-state index in [9.17, 15) is 17.6 Å². The zero-order valence-electron chi connectivity index (χ0n) is 11.4. The number of benzene rings is 1. The minimum atomic E-state index is -3.83. The molecule has 0 bridgehead atoms. The Morgan fingerprint density at radius 3 is 2.35 bits per heavy atom. The lowest BCUT2D eigenvalue weighted by Crippen LogP contribution is -2.52. The van der Waals surface area contributed by atoms with Crippen molar-refractivity contribution < 1.29 is 22.7 Å². The topological polar surface area (TPSA) is 83.5 Å². The highest BCUT2D eigenvalue weighted by molar-refractivity contribution is 7.88. The molecule has 0 radical (unpaired) electrons. The molecule has 1 atom stereocenters. The van der Waals surface area contributed by atoms with Crippen LogP contribution in [0.3, 0.4) is 0 Å². The van der Waals surface area contributed by atoms with Crippen molar-refractivity contribution in [3.63, 3.8) is 0 Å². The molecule has 1 aromatic carbocycles. The maximum atomic E-state index is 12.8. The van der Waals surface area contributed by atoms with Gasteiger partial charge in [0.15, 0.2) is 0 Å². The molecule has 7 heteroatoms. The molecule has 0 fully saturated rings. The standard InChI is InChI=1S/C13H18FNO4S/c1-3-8-13(2,12(16)17)15-20(18,19)9-10-4-6-11(14)7-5-10/h4-7,15H,3,8-9H2,1-2H3,(H,16,17). The first-order chi connectivity index (χ1) is 9.18. The number of carbonyl (C=O) groups is 1. The molecule has 0 aliphatic rings. The van der Waals surface area contributed by atoms with Gasteiger partial charge in [-0.25, -0.2) is 12.8 Å². The van der Waals surface area contributed by atoms with E-state index in [4.69, 9.17) is 5.11 Å². The first-order valence-electron chi connectivity index (χ1n) is 6.18. The van der Waals surface area contributed by atoms with E-state index < -0.39 is 27.3 Å². The summed E-state index contributed by atoms with van der Waals surface area (Å²) in [6.07, 6.45) is 0.715. The van der Waals surface area contributed by atoms with Crippen LogP contribution >= 0.6 is 0 Å². The van der Waals surface area contributed by atoms with Crippen LogP contribution in [0.25, 0.3) is 0 Å². The van der Waals surface area contributed by atoms with Crippen LogP contribution in [-0.2, 0) is 20.6 Å². The summed E-state index contributed by atoms with van der Waals surface area (Å²) >= 11 is 0. The monoisotopic (exact) mass is 303 g/mol. The molecule has 5 nitrogen and oxygen atoms in total. The average molecular weight is 303 g/mol. The van der Waals surface area contributed by atoms with Gasteiger partial charge < -0.3 is 5.11 Å². The molecule has 112 valence electrons.